The van der Waals surface area contributed by atoms with E-state index < -0.39 is 0 Å². The van der Waals surface area contributed by atoms with Crippen LogP contribution in [0.1, 0.15) is 30.9 Å². The Bertz CT molecular complexity index is 925. The second-order valence-corrected chi connectivity index (χ2v) is 7.83. The standard InChI is InChI=1S/C23H31FN6O.HI/c1-3-26-23(29(2)15-17-7-4-10-20(24)13-17)28-14-18-8-5-11-27-22(18)30-12-6-9-19(16-30)21(25)31;/h4-5,7-8,10-11,13,19H,3,6,9,12,14-16H2,1-2H3,(H2,25,31)(H,26,28);1H. The number of hydrogen-bond donors (Lipinski definition) is 2. The van der Waals surface area contributed by atoms with E-state index in [0.29, 0.717) is 19.6 Å². The number of piperidine rings is 1. The third-order valence-corrected chi connectivity index (χ3v) is 5.40. The van der Waals surface area contributed by atoms with Crippen LogP contribution in [-0.4, -0.2) is 48.4 Å². The highest BCUT2D eigenvalue weighted by Gasteiger charge is 2.26. The number of benzene rings is 1. The maximum atomic E-state index is 13.5. The van der Waals surface area contributed by atoms with Crippen molar-refractivity contribution < 1.29 is 9.18 Å². The molecule has 0 spiro atoms. The molecule has 3 N–H and O–H groups in total. The number of aliphatic imine (C=N–C) groups is 1. The molecule has 1 saturated heterocycles. The molecule has 2 heterocycles. The summed E-state index contributed by atoms with van der Waals surface area (Å²) in [6, 6.07) is 10.5. The van der Waals surface area contributed by atoms with Crippen molar-refractivity contribution in [3.05, 3.63) is 59.5 Å². The minimum absolute atomic E-state index is 0. The molecule has 1 aromatic heterocycles. The first-order chi connectivity index (χ1) is 15.0. The largest absolute Gasteiger partial charge is 0.369 e. The average molecular weight is 554 g/mol. The van der Waals surface area contributed by atoms with Crippen molar-refractivity contribution in [2.24, 2.45) is 16.6 Å². The predicted octanol–water partition coefficient (Wildman–Crippen LogP) is 3.14. The van der Waals surface area contributed by atoms with Crippen LogP contribution in [0.5, 0.6) is 0 Å². The molecule has 7 nitrogen and oxygen atoms in total. The van der Waals surface area contributed by atoms with Gasteiger partial charge in [-0.2, -0.15) is 0 Å². The van der Waals surface area contributed by atoms with Gasteiger partial charge in [-0.25, -0.2) is 14.4 Å². The molecule has 0 saturated carbocycles. The quantitative estimate of drug-likeness (QED) is 0.312. The summed E-state index contributed by atoms with van der Waals surface area (Å²) >= 11 is 0. The number of carbonyl (C=O) groups excluding carboxylic acids is 1. The van der Waals surface area contributed by atoms with Crippen molar-refractivity contribution in [1.82, 2.24) is 15.2 Å². The van der Waals surface area contributed by atoms with E-state index >= 15 is 0 Å². The molecular weight excluding hydrogens is 522 g/mol. The van der Waals surface area contributed by atoms with Crippen molar-refractivity contribution >= 4 is 41.7 Å². The van der Waals surface area contributed by atoms with Gasteiger partial charge in [0.2, 0.25) is 5.91 Å². The fraction of sp³-hybridized carbons (Fsp3) is 0.435. The number of nitrogens with zero attached hydrogens (tertiary/aromatic N) is 4. The molecule has 0 bridgehead atoms. The number of hydrogen-bond acceptors (Lipinski definition) is 4. The first-order valence-electron chi connectivity index (χ1n) is 10.7. The fourth-order valence-corrected chi connectivity index (χ4v) is 3.85. The van der Waals surface area contributed by atoms with Gasteiger partial charge in [-0.1, -0.05) is 18.2 Å². The second kappa shape index (κ2) is 12.6. The van der Waals surface area contributed by atoms with E-state index in [2.05, 4.69) is 15.2 Å². The van der Waals surface area contributed by atoms with Gasteiger partial charge in [-0.3, -0.25) is 4.79 Å². The Morgan fingerprint density at radius 3 is 2.91 bits per heavy atom. The van der Waals surface area contributed by atoms with Crippen LogP contribution in [0.4, 0.5) is 10.2 Å². The maximum absolute atomic E-state index is 13.5. The SMILES string of the molecule is CCNC(=NCc1cccnc1N1CCCC(C(N)=O)C1)N(C)Cc1cccc(F)c1.I. The van der Waals surface area contributed by atoms with Crippen LogP contribution in [-0.2, 0) is 17.9 Å². The summed E-state index contributed by atoms with van der Waals surface area (Å²) in [7, 11) is 1.93. The Morgan fingerprint density at radius 1 is 1.38 bits per heavy atom. The van der Waals surface area contributed by atoms with E-state index in [4.69, 9.17) is 10.7 Å². The Morgan fingerprint density at radius 2 is 2.19 bits per heavy atom. The smallest absolute Gasteiger partial charge is 0.222 e. The molecule has 1 atom stereocenters. The highest BCUT2D eigenvalue weighted by Crippen LogP contribution is 2.25. The highest BCUT2D eigenvalue weighted by atomic mass is 127. The first-order valence-corrected chi connectivity index (χ1v) is 10.7. The normalized spacial score (nSPS) is 16.3. The number of rotatable bonds is 7. The Hall–Kier alpha value is -2.43. The van der Waals surface area contributed by atoms with Gasteiger partial charge in [0.15, 0.2) is 5.96 Å². The monoisotopic (exact) mass is 554 g/mol. The fourth-order valence-electron chi connectivity index (χ4n) is 3.85. The highest BCUT2D eigenvalue weighted by molar-refractivity contribution is 14.0. The van der Waals surface area contributed by atoms with Gasteiger partial charge in [-0.05, 0) is 43.5 Å². The van der Waals surface area contributed by atoms with Crippen molar-refractivity contribution in [2.45, 2.75) is 32.9 Å². The van der Waals surface area contributed by atoms with E-state index in [1.807, 2.05) is 37.1 Å². The lowest BCUT2D eigenvalue weighted by Gasteiger charge is -2.33. The zero-order valence-corrected chi connectivity index (χ0v) is 21.0. The maximum Gasteiger partial charge on any atom is 0.222 e. The van der Waals surface area contributed by atoms with E-state index in [0.717, 1.165) is 48.8 Å². The lowest BCUT2D eigenvalue weighted by Crippen LogP contribution is -2.42. The topological polar surface area (TPSA) is 86.9 Å². The van der Waals surface area contributed by atoms with Crippen LogP contribution in [0, 0.1) is 11.7 Å². The van der Waals surface area contributed by atoms with Crippen molar-refractivity contribution in [3.8, 4) is 0 Å². The summed E-state index contributed by atoms with van der Waals surface area (Å²) in [4.78, 5) is 25.1. The minimum atomic E-state index is -0.256. The molecular formula is C23H32FIN6O. The molecule has 1 fully saturated rings. The van der Waals surface area contributed by atoms with Crippen molar-refractivity contribution in [1.29, 1.82) is 0 Å². The molecule has 0 aliphatic carbocycles. The third-order valence-electron chi connectivity index (χ3n) is 5.40. The zero-order chi connectivity index (χ0) is 22.2. The third kappa shape index (κ3) is 7.04. The number of aromatic nitrogens is 1. The lowest BCUT2D eigenvalue weighted by molar-refractivity contribution is -0.122. The van der Waals surface area contributed by atoms with Gasteiger partial charge >= 0.3 is 0 Å². The Kier molecular flexibility index (Phi) is 10.1. The summed E-state index contributed by atoms with van der Waals surface area (Å²) in [5.41, 5.74) is 7.40. The minimum Gasteiger partial charge on any atom is -0.369 e. The summed E-state index contributed by atoms with van der Waals surface area (Å²) < 4.78 is 13.5. The Balaban J connectivity index is 0.00000363. The second-order valence-electron chi connectivity index (χ2n) is 7.83. The van der Waals surface area contributed by atoms with Gasteiger partial charge in [0.25, 0.3) is 0 Å². The molecule has 1 aliphatic rings. The molecule has 1 aromatic carbocycles. The van der Waals surface area contributed by atoms with Gasteiger partial charge in [0.1, 0.15) is 11.6 Å². The molecule has 32 heavy (non-hydrogen) atoms. The number of anilines is 1. The number of amides is 1. The van der Waals surface area contributed by atoms with Crippen molar-refractivity contribution in [2.75, 3.05) is 31.6 Å². The molecule has 9 heteroatoms. The molecule has 1 unspecified atom stereocenters. The van der Waals surface area contributed by atoms with E-state index in [1.165, 1.54) is 12.1 Å². The Labute approximate surface area is 206 Å². The molecule has 1 aliphatic heterocycles. The number of guanidine groups is 1. The van der Waals surface area contributed by atoms with E-state index in [1.54, 1.807) is 12.3 Å². The van der Waals surface area contributed by atoms with Gasteiger partial charge < -0.3 is 20.9 Å². The molecule has 3 rings (SSSR count). The summed E-state index contributed by atoms with van der Waals surface area (Å²) in [6.45, 7) is 5.14. The van der Waals surface area contributed by atoms with Crippen LogP contribution < -0.4 is 16.0 Å². The van der Waals surface area contributed by atoms with Crippen LogP contribution in [0.25, 0.3) is 0 Å². The van der Waals surface area contributed by atoms with Gasteiger partial charge in [0.05, 0.1) is 12.5 Å². The molecule has 174 valence electrons. The number of halogens is 2. The van der Waals surface area contributed by atoms with Crippen LogP contribution in [0.2, 0.25) is 0 Å². The number of primary amides is 1. The van der Waals surface area contributed by atoms with Crippen LogP contribution >= 0.6 is 24.0 Å². The van der Waals surface area contributed by atoms with Crippen molar-refractivity contribution in [3.63, 3.8) is 0 Å². The molecule has 0 radical (unpaired) electrons. The number of pyridine rings is 1. The summed E-state index contributed by atoms with van der Waals surface area (Å²) in [6.07, 6.45) is 3.49. The average Bonchev–Trinajstić information content (AvgIpc) is 2.77. The first kappa shape index (κ1) is 25.8. The predicted molar refractivity (Wildman–Crippen MR) is 136 cm³/mol. The number of carbonyl (C=O) groups is 1. The number of nitrogens with two attached hydrogens (primary N) is 1. The van der Waals surface area contributed by atoms with E-state index in [-0.39, 0.29) is 41.6 Å². The van der Waals surface area contributed by atoms with Gasteiger partial charge in [0, 0.05) is 45.0 Å². The van der Waals surface area contributed by atoms with Crippen LogP contribution in [0.3, 0.4) is 0 Å². The van der Waals surface area contributed by atoms with E-state index in [9.17, 15) is 9.18 Å². The molecule has 1 amide bonds. The summed E-state index contributed by atoms with van der Waals surface area (Å²) in [5, 5.41) is 3.30. The van der Waals surface area contributed by atoms with Gasteiger partial charge in [-0.15, -0.1) is 24.0 Å². The number of nitrogens with one attached hydrogen (secondary N) is 1. The van der Waals surface area contributed by atoms with Crippen LogP contribution in [0.15, 0.2) is 47.6 Å². The summed E-state index contributed by atoms with van der Waals surface area (Å²) in [5.74, 6) is 0.926. The molecule has 2 aromatic rings. The zero-order valence-electron chi connectivity index (χ0n) is 18.6. The lowest BCUT2D eigenvalue weighted by atomic mass is 9.97.